The summed E-state index contributed by atoms with van der Waals surface area (Å²) >= 11 is 3.37. The summed E-state index contributed by atoms with van der Waals surface area (Å²) in [6.07, 6.45) is 3.67. The summed E-state index contributed by atoms with van der Waals surface area (Å²) in [5, 5.41) is 11.2. The Morgan fingerprint density at radius 3 is 2.55 bits per heavy atom. The van der Waals surface area contributed by atoms with Crippen molar-refractivity contribution in [1.29, 1.82) is 0 Å². The molecule has 2 rings (SSSR count). The topological polar surface area (TPSA) is 55.6 Å². The summed E-state index contributed by atoms with van der Waals surface area (Å²) < 4.78 is 5.75. The number of methoxy groups -OCH3 is 1. The van der Waals surface area contributed by atoms with Gasteiger partial charge in [-0.3, -0.25) is 15.0 Å². The molecule has 1 aromatic carbocycles. The van der Waals surface area contributed by atoms with Gasteiger partial charge in [0, 0.05) is 12.1 Å². The standard InChI is InChI=1S/C14H19BrN2O3/c1-10(16-6-4-3-5-7-16)11-8-12(15)14(20-2)13(9-11)17(18)19/h8-10H,3-7H2,1-2H3. The summed E-state index contributed by atoms with van der Waals surface area (Å²) in [5.74, 6) is 0.282. The molecule has 110 valence electrons. The smallest absolute Gasteiger partial charge is 0.312 e. The number of piperidine rings is 1. The molecule has 1 fully saturated rings. The van der Waals surface area contributed by atoms with E-state index >= 15 is 0 Å². The molecule has 0 amide bonds. The number of ether oxygens (including phenoxy) is 1. The van der Waals surface area contributed by atoms with E-state index in [2.05, 4.69) is 27.8 Å². The van der Waals surface area contributed by atoms with Crippen LogP contribution in [-0.2, 0) is 0 Å². The minimum Gasteiger partial charge on any atom is -0.489 e. The molecule has 0 saturated carbocycles. The number of rotatable bonds is 4. The lowest BCUT2D eigenvalue weighted by molar-refractivity contribution is -0.385. The van der Waals surface area contributed by atoms with Crippen molar-refractivity contribution in [3.63, 3.8) is 0 Å². The van der Waals surface area contributed by atoms with E-state index in [0.717, 1.165) is 18.7 Å². The number of hydrogen-bond acceptors (Lipinski definition) is 4. The van der Waals surface area contributed by atoms with Crippen molar-refractivity contribution in [2.24, 2.45) is 0 Å². The fraction of sp³-hybridized carbons (Fsp3) is 0.571. The van der Waals surface area contributed by atoms with Gasteiger partial charge in [-0.05, 0) is 60.4 Å². The number of benzene rings is 1. The second kappa shape index (κ2) is 6.54. The van der Waals surface area contributed by atoms with Crippen LogP contribution in [0.25, 0.3) is 0 Å². The van der Waals surface area contributed by atoms with Gasteiger partial charge in [0.15, 0.2) is 0 Å². The van der Waals surface area contributed by atoms with Gasteiger partial charge in [-0.2, -0.15) is 0 Å². The second-order valence-electron chi connectivity index (χ2n) is 5.08. The minimum absolute atomic E-state index is 0.0146. The summed E-state index contributed by atoms with van der Waals surface area (Å²) in [6, 6.07) is 3.73. The van der Waals surface area contributed by atoms with Crippen molar-refractivity contribution in [3.8, 4) is 5.75 Å². The highest BCUT2D eigenvalue weighted by Gasteiger charge is 2.24. The first kappa shape index (κ1) is 15.3. The average molecular weight is 343 g/mol. The molecule has 1 heterocycles. The molecule has 6 heteroatoms. The second-order valence-corrected chi connectivity index (χ2v) is 5.94. The van der Waals surface area contributed by atoms with Crippen LogP contribution in [0.15, 0.2) is 16.6 Å². The fourth-order valence-electron chi connectivity index (χ4n) is 2.69. The predicted molar refractivity (Wildman–Crippen MR) is 81.2 cm³/mol. The molecule has 0 bridgehead atoms. The van der Waals surface area contributed by atoms with Gasteiger partial charge in [0.25, 0.3) is 0 Å². The number of nitro groups is 1. The quantitative estimate of drug-likeness (QED) is 0.614. The van der Waals surface area contributed by atoms with Gasteiger partial charge < -0.3 is 4.74 Å². The zero-order valence-electron chi connectivity index (χ0n) is 11.8. The highest BCUT2D eigenvalue weighted by molar-refractivity contribution is 9.10. The van der Waals surface area contributed by atoms with Gasteiger partial charge in [0.05, 0.1) is 16.5 Å². The van der Waals surface area contributed by atoms with Crippen LogP contribution < -0.4 is 4.74 Å². The van der Waals surface area contributed by atoms with Gasteiger partial charge in [0.2, 0.25) is 5.75 Å². The first-order valence-corrected chi connectivity index (χ1v) is 7.59. The van der Waals surface area contributed by atoms with Crippen molar-refractivity contribution >= 4 is 21.6 Å². The molecule has 1 aromatic rings. The van der Waals surface area contributed by atoms with Crippen molar-refractivity contribution in [1.82, 2.24) is 4.90 Å². The normalized spacial score (nSPS) is 17.8. The van der Waals surface area contributed by atoms with E-state index < -0.39 is 4.92 Å². The van der Waals surface area contributed by atoms with Gasteiger partial charge in [-0.15, -0.1) is 0 Å². The van der Waals surface area contributed by atoms with Crippen LogP contribution in [0.1, 0.15) is 37.8 Å². The molecule has 1 aliphatic heterocycles. The van der Waals surface area contributed by atoms with E-state index in [9.17, 15) is 10.1 Å². The third-order valence-corrected chi connectivity index (χ3v) is 4.46. The Morgan fingerprint density at radius 2 is 2.00 bits per heavy atom. The summed E-state index contributed by atoms with van der Waals surface area (Å²) in [4.78, 5) is 13.2. The molecule has 1 atom stereocenters. The van der Waals surface area contributed by atoms with Gasteiger partial charge in [-0.25, -0.2) is 0 Å². The molecule has 0 radical (unpaired) electrons. The Labute approximate surface area is 127 Å². The maximum absolute atomic E-state index is 11.2. The van der Waals surface area contributed by atoms with E-state index in [-0.39, 0.29) is 17.5 Å². The zero-order chi connectivity index (χ0) is 14.7. The van der Waals surface area contributed by atoms with Crippen LogP contribution in [0.3, 0.4) is 0 Å². The van der Waals surface area contributed by atoms with Crippen LogP contribution in [0, 0.1) is 10.1 Å². The zero-order valence-corrected chi connectivity index (χ0v) is 13.4. The van der Waals surface area contributed by atoms with Gasteiger partial charge in [-0.1, -0.05) is 6.42 Å². The summed E-state index contributed by atoms with van der Waals surface area (Å²) in [6.45, 7) is 4.21. The maximum Gasteiger partial charge on any atom is 0.312 e. The summed E-state index contributed by atoms with van der Waals surface area (Å²) in [5.41, 5.74) is 0.965. The maximum atomic E-state index is 11.2. The van der Waals surface area contributed by atoms with Crippen LogP contribution in [0.4, 0.5) is 5.69 Å². The lowest BCUT2D eigenvalue weighted by Crippen LogP contribution is -2.32. The van der Waals surface area contributed by atoms with E-state index in [1.54, 1.807) is 6.07 Å². The molecule has 5 nitrogen and oxygen atoms in total. The van der Waals surface area contributed by atoms with Crippen molar-refractivity contribution in [2.75, 3.05) is 20.2 Å². The van der Waals surface area contributed by atoms with Gasteiger partial charge in [0.1, 0.15) is 0 Å². The number of nitrogens with zero attached hydrogens (tertiary/aromatic N) is 2. The Kier molecular flexibility index (Phi) is 4.99. The molecule has 1 saturated heterocycles. The predicted octanol–water partition coefficient (Wildman–Crippen LogP) is 3.91. The molecule has 1 unspecified atom stereocenters. The Morgan fingerprint density at radius 1 is 1.35 bits per heavy atom. The van der Waals surface area contributed by atoms with E-state index in [4.69, 9.17) is 4.74 Å². The molecular weight excluding hydrogens is 324 g/mol. The molecular formula is C14H19BrN2O3. The SMILES string of the molecule is COc1c(Br)cc(C(C)N2CCCCC2)cc1[N+](=O)[O-]. The van der Waals surface area contributed by atoms with Crippen molar-refractivity contribution < 1.29 is 9.66 Å². The fourth-order valence-corrected chi connectivity index (χ4v) is 3.32. The molecule has 0 N–H and O–H groups in total. The molecule has 20 heavy (non-hydrogen) atoms. The first-order chi connectivity index (χ1) is 9.54. The molecule has 1 aliphatic rings. The Bertz CT molecular complexity index is 501. The largest absolute Gasteiger partial charge is 0.489 e. The molecule has 0 aliphatic carbocycles. The molecule has 0 spiro atoms. The molecule has 0 aromatic heterocycles. The van der Waals surface area contributed by atoms with Crippen LogP contribution in [0.5, 0.6) is 5.75 Å². The van der Waals surface area contributed by atoms with Crippen LogP contribution in [-0.4, -0.2) is 30.0 Å². The highest BCUT2D eigenvalue weighted by Crippen LogP contribution is 2.38. The minimum atomic E-state index is -0.393. The van der Waals surface area contributed by atoms with Crippen molar-refractivity contribution in [2.45, 2.75) is 32.2 Å². The number of nitro benzene ring substituents is 1. The summed E-state index contributed by atoms with van der Waals surface area (Å²) in [7, 11) is 1.45. The Balaban J connectivity index is 2.34. The van der Waals surface area contributed by atoms with E-state index in [0.29, 0.717) is 4.47 Å². The lowest BCUT2D eigenvalue weighted by atomic mass is 10.0. The van der Waals surface area contributed by atoms with Crippen LogP contribution >= 0.6 is 15.9 Å². The van der Waals surface area contributed by atoms with Gasteiger partial charge >= 0.3 is 5.69 Å². The lowest BCUT2D eigenvalue weighted by Gasteiger charge is -2.32. The Hall–Kier alpha value is -1.14. The number of halogens is 1. The number of likely N-dealkylation sites (tertiary alicyclic amines) is 1. The highest BCUT2D eigenvalue weighted by atomic mass is 79.9. The third kappa shape index (κ3) is 3.12. The number of hydrogen-bond donors (Lipinski definition) is 0. The monoisotopic (exact) mass is 342 g/mol. The first-order valence-electron chi connectivity index (χ1n) is 6.80. The van der Waals surface area contributed by atoms with E-state index in [1.165, 1.54) is 26.4 Å². The van der Waals surface area contributed by atoms with Crippen LogP contribution in [0.2, 0.25) is 0 Å². The average Bonchev–Trinajstić information content (AvgIpc) is 2.46. The van der Waals surface area contributed by atoms with Crippen molar-refractivity contribution in [3.05, 3.63) is 32.3 Å². The third-order valence-electron chi connectivity index (χ3n) is 3.87. The van der Waals surface area contributed by atoms with E-state index in [1.807, 2.05) is 6.07 Å².